The summed E-state index contributed by atoms with van der Waals surface area (Å²) in [5, 5.41) is 11.4. The highest BCUT2D eigenvalue weighted by Crippen LogP contribution is 2.23. The molecule has 0 saturated heterocycles. The summed E-state index contributed by atoms with van der Waals surface area (Å²) in [6, 6.07) is 1.89. The summed E-state index contributed by atoms with van der Waals surface area (Å²) in [7, 11) is 1.70. The number of methoxy groups -OCH3 is 1. The van der Waals surface area contributed by atoms with Gasteiger partial charge >= 0.3 is 0 Å². The van der Waals surface area contributed by atoms with Crippen molar-refractivity contribution in [1.29, 1.82) is 0 Å². The van der Waals surface area contributed by atoms with E-state index in [0.29, 0.717) is 0 Å². The molecule has 1 heterocycles. The summed E-state index contributed by atoms with van der Waals surface area (Å²) < 4.78 is 11.4. The Balaban J connectivity index is 2.18. The maximum absolute atomic E-state index is 11.4. The topological polar surface area (TPSA) is 45.4 Å². The number of hydrogen-bond donors (Lipinski definition) is 0. The van der Waals surface area contributed by atoms with E-state index < -0.39 is 0 Å². The van der Waals surface area contributed by atoms with Crippen LogP contribution in [-0.2, 0) is 9.47 Å². The van der Waals surface area contributed by atoms with Crippen LogP contribution in [0.2, 0.25) is 0 Å². The fourth-order valence-electron chi connectivity index (χ4n) is 1.62. The lowest BCUT2D eigenvalue weighted by molar-refractivity contribution is -0.613. The average Bonchev–Trinajstić information content (AvgIpc) is 2.41. The molecule has 1 rings (SSSR count). The molecule has 0 N–H and O–H groups in total. The molecule has 5 heteroatoms. The van der Waals surface area contributed by atoms with Gasteiger partial charge in [0.25, 0.3) is 0 Å². The molecule has 0 radical (unpaired) electrons. The lowest BCUT2D eigenvalue weighted by atomic mass is 10.2. The van der Waals surface area contributed by atoms with E-state index in [0.717, 1.165) is 54.4 Å². The van der Waals surface area contributed by atoms with Gasteiger partial charge in [-0.15, -0.1) is 11.8 Å². The minimum absolute atomic E-state index is 0.756. The van der Waals surface area contributed by atoms with E-state index in [1.807, 2.05) is 19.9 Å². The van der Waals surface area contributed by atoms with Crippen molar-refractivity contribution >= 4 is 11.8 Å². The van der Waals surface area contributed by atoms with E-state index in [1.165, 1.54) is 4.90 Å². The number of aromatic nitrogens is 1. The summed E-state index contributed by atoms with van der Waals surface area (Å²) in [4.78, 5) is 1.18. The predicted octanol–water partition coefficient (Wildman–Crippen LogP) is 2.47. The van der Waals surface area contributed by atoms with E-state index in [4.69, 9.17) is 9.47 Å². The van der Waals surface area contributed by atoms with Gasteiger partial charge in [-0.3, -0.25) is 0 Å². The van der Waals surface area contributed by atoms with Gasteiger partial charge in [-0.05, 0) is 19.8 Å². The molecule has 0 spiro atoms. The number of hydrogen-bond acceptors (Lipinski definition) is 4. The van der Waals surface area contributed by atoms with Crippen molar-refractivity contribution in [2.24, 2.45) is 0 Å². The largest absolute Gasteiger partial charge is 0.619 e. The second-order valence-corrected chi connectivity index (χ2v) is 5.51. The van der Waals surface area contributed by atoms with Crippen LogP contribution in [0.3, 0.4) is 0 Å². The van der Waals surface area contributed by atoms with Crippen LogP contribution in [0.15, 0.2) is 17.2 Å². The molecule has 0 fully saturated rings. The third kappa shape index (κ3) is 5.80. The van der Waals surface area contributed by atoms with E-state index in [-0.39, 0.29) is 0 Å². The summed E-state index contributed by atoms with van der Waals surface area (Å²) in [5.41, 5.74) is 1.85. The summed E-state index contributed by atoms with van der Waals surface area (Å²) in [6.45, 7) is 6.15. The molecule has 1 aromatic rings. The second-order valence-electron chi connectivity index (χ2n) is 4.38. The highest BCUT2D eigenvalue weighted by molar-refractivity contribution is 7.99. The van der Waals surface area contributed by atoms with Gasteiger partial charge in [-0.2, -0.15) is 4.73 Å². The Hall–Kier alpha value is -0.780. The number of ether oxygens (including phenoxy) is 2. The minimum Gasteiger partial charge on any atom is -0.619 e. The minimum atomic E-state index is 0.756. The normalized spacial score (nSPS) is 10.9. The molecule has 0 saturated carbocycles. The van der Waals surface area contributed by atoms with Crippen LogP contribution in [0.1, 0.15) is 24.1 Å². The van der Waals surface area contributed by atoms with Gasteiger partial charge in [0.2, 0.25) is 0 Å². The monoisotopic (exact) mass is 285 g/mol. The Bertz CT molecular complexity index is 385. The Morgan fingerprint density at radius 1 is 1.21 bits per heavy atom. The molecule has 4 nitrogen and oxygen atoms in total. The average molecular weight is 285 g/mol. The Labute approximate surface area is 119 Å². The van der Waals surface area contributed by atoms with Gasteiger partial charge in [0.15, 0.2) is 11.9 Å². The standard InChI is InChI=1S/C14H23NO3S/c1-12-13(2)15(16)7-6-14(12)19-11-5-10-18-9-4-8-17-3/h6-7H,4-5,8-11H2,1-3H3. The Kier molecular flexibility index (Phi) is 7.86. The van der Waals surface area contributed by atoms with E-state index >= 15 is 0 Å². The molecule has 0 aliphatic carbocycles. The zero-order valence-electron chi connectivity index (χ0n) is 12.0. The first kappa shape index (κ1) is 16.3. The third-order valence-corrected chi connectivity index (χ3v) is 4.18. The van der Waals surface area contributed by atoms with Crippen molar-refractivity contribution in [3.05, 3.63) is 28.7 Å². The molecular weight excluding hydrogens is 262 g/mol. The fraction of sp³-hybridized carbons (Fsp3) is 0.643. The Morgan fingerprint density at radius 3 is 2.68 bits per heavy atom. The zero-order chi connectivity index (χ0) is 14.1. The summed E-state index contributed by atoms with van der Waals surface area (Å²) in [5.74, 6) is 1.01. The van der Waals surface area contributed by atoms with Crippen LogP contribution in [-0.4, -0.2) is 32.7 Å². The van der Waals surface area contributed by atoms with Crippen molar-refractivity contribution in [3.8, 4) is 0 Å². The summed E-state index contributed by atoms with van der Waals surface area (Å²) >= 11 is 1.78. The number of rotatable bonds is 9. The maximum atomic E-state index is 11.4. The van der Waals surface area contributed by atoms with Crippen molar-refractivity contribution < 1.29 is 14.2 Å². The van der Waals surface area contributed by atoms with Gasteiger partial charge in [0, 0.05) is 56.1 Å². The predicted molar refractivity (Wildman–Crippen MR) is 77.5 cm³/mol. The van der Waals surface area contributed by atoms with Gasteiger partial charge < -0.3 is 14.7 Å². The number of thioether (sulfide) groups is 1. The Morgan fingerprint density at radius 2 is 1.95 bits per heavy atom. The molecule has 0 aliphatic rings. The van der Waals surface area contributed by atoms with Gasteiger partial charge in [0.05, 0.1) is 0 Å². The molecule has 0 amide bonds. The van der Waals surface area contributed by atoms with E-state index in [9.17, 15) is 5.21 Å². The van der Waals surface area contributed by atoms with Crippen molar-refractivity contribution in [3.63, 3.8) is 0 Å². The maximum Gasteiger partial charge on any atom is 0.193 e. The molecule has 1 aromatic heterocycles. The molecule has 0 atom stereocenters. The highest BCUT2D eigenvalue weighted by atomic mass is 32.2. The first-order chi connectivity index (χ1) is 9.16. The van der Waals surface area contributed by atoms with Crippen molar-refractivity contribution in [2.45, 2.75) is 31.6 Å². The first-order valence-electron chi connectivity index (χ1n) is 6.55. The van der Waals surface area contributed by atoms with Gasteiger partial charge in [-0.25, -0.2) is 0 Å². The van der Waals surface area contributed by atoms with E-state index in [2.05, 4.69) is 0 Å². The molecule has 0 aliphatic heterocycles. The number of nitrogens with zero attached hydrogens (tertiary/aromatic N) is 1. The lowest BCUT2D eigenvalue weighted by Crippen LogP contribution is -2.30. The summed E-state index contributed by atoms with van der Waals surface area (Å²) in [6.07, 6.45) is 3.54. The second kappa shape index (κ2) is 9.18. The zero-order valence-corrected chi connectivity index (χ0v) is 12.8. The van der Waals surface area contributed by atoms with Crippen molar-refractivity contribution in [2.75, 3.05) is 32.7 Å². The molecule has 0 bridgehead atoms. The molecule has 19 heavy (non-hydrogen) atoms. The van der Waals surface area contributed by atoms with Gasteiger partial charge in [-0.1, -0.05) is 0 Å². The molecule has 0 aromatic carbocycles. The van der Waals surface area contributed by atoms with Crippen LogP contribution in [0.5, 0.6) is 0 Å². The smallest absolute Gasteiger partial charge is 0.193 e. The highest BCUT2D eigenvalue weighted by Gasteiger charge is 2.08. The number of pyridine rings is 1. The fourth-order valence-corrected chi connectivity index (χ4v) is 2.63. The quantitative estimate of drug-likeness (QED) is 0.303. The lowest BCUT2D eigenvalue weighted by Gasteiger charge is -2.08. The first-order valence-corrected chi connectivity index (χ1v) is 7.54. The molecule has 108 valence electrons. The van der Waals surface area contributed by atoms with Gasteiger partial charge in [0.1, 0.15) is 0 Å². The van der Waals surface area contributed by atoms with Crippen LogP contribution in [0.4, 0.5) is 0 Å². The van der Waals surface area contributed by atoms with Crippen LogP contribution < -0.4 is 4.73 Å². The van der Waals surface area contributed by atoms with E-state index in [1.54, 1.807) is 25.1 Å². The SMILES string of the molecule is COCCCOCCCSc1cc[n+]([O-])c(C)c1C. The van der Waals surface area contributed by atoms with Crippen molar-refractivity contribution in [1.82, 2.24) is 0 Å². The van der Waals surface area contributed by atoms with Crippen LogP contribution in [0, 0.1) is 19.1 Å². The van der Waals surface area contributed by atoms with Crippen LogP contribution in [0.25, 0.3) is 0 Å². The molecule has 0 unspecified atom stereocenters. The third-order valence-electron chi connectivity index (χ3n) is 2.93. The molecular formula is C14H23NO3S. The van der Waals surface area contributed by atoms with Crippen LogP contribution >= 0.6 is 11.8 Å².